The Morgan fingerprint density at radius 2 is 2.05 bits per heavy atom. The van der Waals surface area contributed by atoms with E-state index in [0.29, 0.717) is 16.3 Å². The van der Waals surface area contributed by atoms with E-state index in [1.165, 1.54) is 6.26 Å². The Kier molecular flexibility index (Phi) is 5.04. The standard InChI is InChI=1S/C13H13ClN2O5S/c1-2-20-12(17)8-22(18,19)16-13-15-11(7-21-13)9-3-5-10(14)6-4-9/h3-7H,2,8H2,1H3,(H,15,16). The molecular formula is C13H13ClN2O5S. The van der Waals surface area contributed by atoms with Crippen LogP contribution in [0.1, 0.15) is 6.92 Å². The minimum Gasteiger partial charge on any atom is -0.465 e. The van der Waals surface area contributed by atoms with Crippen LogP contribution in [0.25, 0.3) is 11.3 Å². The van der Waals surface area contributed by atoms with E-state index in [4.69, 9.17) is 16.0 Å². The summed E-state index contributed by atoms with van der Waals surface area (Å²) in [5, 5.41) is 0.572. The van der Waals surface area contributed by atoms with E-state index < -0.39 is 21.7 Å². The number of aromatic nitrogens is 1. The van der Waals surface area contributed by atoms with Crippen LogP contribution in [0.2, 0.25) is 5.02 Å². The molecule has 0 saturated heterocycles. The number of halogens is 1. The molecule has 0 bridgehead atoms. The van der Waals surface area contributed by atoms with Gasteiger partial charge in [-0.1, -0.05) is 23.7 Å². The van der Waals surface area contributed by atoms with Gasteiger partial charge in [0.15, 0.2) is 5.75 Å². The smallest absolute Gasteiger partial charge is 0.323 e. The van der Waals surface area contributed by atoms with E-state index in [1.54, 1.807) is 31.2 Å². The Labute approximate surface area is 132 Å². The van der Waals surface area contributed by atoms with Crippen LogP contribution in [-0.2, 0) is 19.6 Å². The lowest BCUT2D eigenvalue weighted by Crippen LogP contribution is -2.24. The fourth-order valence-electron chi connectivity index (χ4n) is 1.60. The van der Waals surface area contributed by atoms with E-state index in [-0.39, 0.29) is 12.6 Å². The summed E-state index contributed by atoms with van der Waals surface area (Å²) < 4.78 is 35.2. The molecule has 0 amide bonds. The van der Waals surface area contributed by atoms with Crippen molar-refractivity contribution in [2.45, 2.75) is 6.92 Å². The number of hydrogen-bond acceptors (Lipinski definition) is 6. The molecular weight excluding hydrogens is 332 g/mol. The minimum absolute atomic E-state index is 0.105. The lowest BCUT2D eigenvalue weighted by molar-refractivity contribution is -0.139. The van der Waals surface area contributed by atoms with Gasteiger partial charge < -0.3 is 9.15 Å². The van der Waals surface area contributed by atoms with Crippen LogP contribution in [0.3, 0.4) is 0 Å². The summed E-state index contributed by atoms with van der Waals surface area (Å²) in [6.45, 7) is 1.69. The van der Waals surface area contributed by atoms with Crippen molar-refractivity contribution in [3.05, 3.63) is 35.6 Å². The Bertz CT molecular complexity index is 755. The second-order valence-electron chi connectivity index (χ2n) is 4.21. The summed E-state index contributed by atoms with van der Waals surface area (Å²) in [5.74, 6) is -1.65. The zero-order valence-electron chi connectivity index (χ0n) is 11.6. The predicted octanol–water partition coefficient (Wildman–Crippen LogP) is 2.30. The van der Waals surface area contributed by atoms with Gasteiger partial charge in [0.25, 0.3) is 0 Å². The molecule has 0 spiro atoms. The second-order valence-corrected chi connectivity index (χ2v) is 6.37. The number of sulfonamides is 1. The average molecular weight is 345 g/mol. The maximum absolute atomic E-state index is 11.7. The van der Waals surface area contributed by atoms with Crippen molar-refractivity contribution in [3.8, 4) is 11.3 Å². The van der Waals surface area contributed by atoms with E-state index in [1.807, 2.05) is 0 Å². The van der Waals surface area contributed by atoms with Gasteiger partial charge in [-0.05, 0) is 19.1 Å². The highest BCUT2D eigenvalue weighted by molar-refractivity contribution is 7.93. The first-order valence-corrected chi connectivity index (χ1v) is 8.30. The van der Waals surface area contributed by atoms with Gasteiger partial charge in [0.1, 0.15) is 12.0 Å². The molecule has 9 heteroatoms. The summed E-state index contributed by atoms with van der Waals surface area (Å²) in [7, 11) is -3.93. The zero-order valence-corrected chi connectivity index (χ0v) is 13.1. The summed E-state index contributed by atoms with van der Waals surface area (Å²) in [6, 6.07) is 6.56. The second kappa shape index (κ2) is 6.80. The SMILES string of the molecule is CCOC(=O)CS(=O)(=O)Nc1nc(-c2ccc(Cl)cc2)co1. The van der Waals surface area contributed by atoms with Gasteiger partial charge in [-0.2, -0.15) is 4.98 Å². The fourth-order valence-corrected chi connectivity index (χ4v) is 2.55. The molecule has 1 aromatic carbocycles. The molecule has 0 fully saturated rings. The largest absolute Gasteiger partial charge is 0.465 e. The van der Waals surface area contributed by atoms with E-state index in [0.717, 1.165) is 0 Å². The molecule has 2 rings (SSSR count). The molecule has 0 unspecified atom stereocenters. The molecule has 2 aromatic rings. The van der Waals surface area contributed by atoms with E-state index in [2.05, 4.69) is 14.4 Å². The highest BCUT2D eigenvalue weighted by Crippen LogP contribution is 2.22. The van der Waals surface area contributed by atoms with Crippen LogP contribution in [-0.4, -0.2) is 31.7 Å². The number of nitrogens with one attached hydrogen (secondary N) is 1. The molecule has 0 aliphatic carbocycles. The highest BCUT2D eigenvalue weighted by atomic mass is 35.5. The number of carbonyl (C=O) groups excluding carboxylic acids is 1. The number of oxazole rings is 1. The lowest BCUT2D eigenvalue weighted by Gasteiger charge is -2.03. The average Bonchev–Trinajstić information content (AvgIpc) is 2.86. The number of rotatable bonds is 6. The molecule has 0 aliphatic rings. The van der Waals surface area contributed by atoms with Gasteiger partial charge in [0, 0.05) is 10.6 Å². The van der Waals surface area contributed by atoms with Gasteiger partial charge in [0.05, 0.1) is 6.61 Å². The van der Waals surface area contributed by atoms with Gasteiger partial charge >= 0.3 is 12.0 Å². The Morgan fingerprint density at radius 1 is 1.36 bits per heavy atom. The number of nitrogens with zero attached hydrogens (tertiary/aromatic N) is 1. The van der Waals surface area contributed by atoms with Gasteiger partial charge in [-0.25, -0.2) is 13.1 Å². The Morgan fingerprint density at radius 3 is 2.68 bits per heavy atom. The van der Waals surface area contributed by atoms with E-state index >= 15 is 0 Å². The topological polar surface area (TPSA) is 98.5 Å². The normalized spacial score (nSPS) is 11.2. The van der Waals surface area contributed by atoms with Crippen LogP contribution in [0.5, 0.6) is 0 Å². The molecule has 0 saturated carbocycles. The maximum atomic E-state index is 11.7. The maximum Gasteiger partial charge on any atom is 0.323 e. The minimum atomic E-state index is -3.93. The first kappa shape index (κ1) is 16.3. The monoisotopic (exact) mass is 344 g/mol. The van der Waals surface area contributed by atoms with Crippen molar-refractivity contribution >= 4 is 33.6 Å². The summed E-state index contributed by atoms with van der Waals surface area (Å²) >= 11 is 5.79. The van der Waals surface area contributed by atoms with Crippen LogP contribution in [0, 0.1) is 0 Å². The van der Waals surface area contributed by atoms with Crippen molar-refractivity contribution in [1.82, 2.24) is 4.98 Å². The van der Waals surface area contributed by atoms with Gasteiger partial charge in [0.2, 0.25) is 10.0 Å². The molecule has 1 aromatic heterocycles. The number of anilines is 1. The lowest BCUT2D eigenvalue weighted by atomic mass is 10.2. The summed E-state index contributed by atoms with van der Waals surface area (Å²) in [4.78, 5) is 15.2. The molecule has 0 radical (unpaired) electrons. The predicted molar refractivity (Wildman–Crippen MR) is 81.0 cm³/mol. The number of hydrogen-bond donors (Lipinski definition) is 1. The molecule has 1 heterocycles. The van der Waals surface area contributed by atoms with Crippen molar-refractivity contribution in [1.29, 1.82) is 0 Å². The molecule has 0 aliphatic heterocycles. The van der Waals surface area contributed by atoms with Crippen LogP contribution in [0.4, 0.5) is 6.01 Å². The molecule has 1 N–H and O–H groups in total. The summed E-state index contributed by atoms with van der Waals surface area (Å²) in [6.07, 6.45) is 1.30. The highest BCUT2D eigenvalue weighted by Gasteiger charge is 2.20. The van der Waals surface area contributed by atoms with Gasteiger partial charge in [-0.15, -0.1) is 0 Å². The van der Waals surface area contributed by atoms with Crippen LogP contribution in [0.15, 0.2) is 34.9 Å². The third-order valence-corrected chi connectivity index (χ3v) is 3.85. The number of benzene rings is 1. The quantitative estimate of drug-likeness (QED) is 0.807. The Hall–Kier alpha value is -2.06. The van der Waals surface area contributed by atoms with E-state index in [9.17, 15) is 13.2 Å². The first-order valence-electron chi connectivity index (χ1n) is 6.27. The summed E-state index contributed by atoms with van der Waals surface area (Å²) in [5.41, 5.74) is 1.15. The third kappa shape index (κ3) is 4.47. The van der Waals surface area contributed by atoms with Crippen molar-refractivity contribution in [3.63, 3.8) is 0 Å². The molecule has 0 atom stereocenters. The first-order chi connectivity index (χ1) is 10.4. The fraction of sp³-hybridized carbons (Fsp3) is 0.231. The van der Waals surface area contributed by atoms with Gasteiger partial charge in [-0.3, -0.25) is 4.79 Å². The number of ether oxygens (including phenoxy) is 1. The van der Waals surface area contributed by atoms with Crippen molar-refractivity contribution < 1.29 is 22.4 Å². The van der Waals surface area contributed by atoms with Crippen LogP contribution >= 0.6 is 11.6 Å². The van der Waals surface area contributed by atoms with Crippen LogP contribution < -0.4 is 4.72 Å². The zero-order chi connectivity index (χ0) is 16.2. The van der Waals surface area contributed by atoms with Crippen molar-refractivity contribution in [2.75, 3.05) is 17.1 Å². The number of esters is 1. The third-order valence-electron chi connectivity index (χ3n) is 2.50. The molecule has 118 valence electrons. The van der Waals surface area contributed by atoms with Crippen molar-refractivity contribution in [2.24, 2.45) is 0 Å². The molecule has 7 nitrogen and oxygen atoms in total. The number of carbonyl (C=O) groups is 1. The molecule has 22 heavy (non-hydrogen) atoms. The Balaban J connectivity index is 2.08.